The Hall–Kier alpha value is -2.83. The van der Waals surface area contributed by atoms with Crippen molar-refractivity contribution >= 4 is 17.6 Å². The van der Waals surface area contributed by atoms with Crippen molar-refractivity contribution in [1.82, 2.24) is 10.2 Å². The van der Waals surface area contributed by atoms with Crippen LogP contribution in [0.5, 0.6) is 0 Å². The zero-order chi connectivity index (χ0) is 13.8. The lowest BCUT2D eigenvalue weighted by Gasteiger charge is -2.07. The largest absolute Gasteiger partial charge is 0.409 e. The van der Waals surface area contributed by atoms with Gasteiger partial charge in [-0.25, -0.2) is 0 Å². The molecule has 1 heterocycles. The molecule has 0 saturated carbocycles. The van der Waals surface area contributed by atoms with Gasteiger partial charge < -0.3 is 16.3 Å². The number of rotatable bonds is 3. The summed E-state index contributed by atoms with van der Waals surface area (Å²) in [6, 6.07) is 7.18. The molecule has 7 nitrogen and oxygen atoms in total. The lowest BCUT2D eigenvalue weighted by molar-refractivity contribution is 0.102. The maximum absolute atomic E-state index is 12.1. The molecule has 0 fully saturated rings. The van der Waals surface area contributed by atoms with Gasteiger partial charge in [0.2, 0.25) is 0 Å². The van der Waals surface area contributed by atoms with Crippen LogP contribution < -0.4 is 11.1 Å². The number of H-pyrrole nitrogens is 1. The van der Waals surface area contributed by atoms with Gasteiger partial charge in [0.1, 0.15) is 5.82 Å². The maximum atomic E-state index is 12.1. The van der Waals surface area contributed by atoms with Crippen molar-refractivity contribution in [2.45, 2.75) is 6.92 Å². The Morgan fingerprint density at radius 1 is 1.42 bits per heavy atom. The van der Waals surface area contributed by atoms with Gasteiger partial charge in [0, 0.05) is 5.56 Å². The highest BCUT2D eigenvalue weighted by Crippen LogP contribution is 2.14. The van der Waals surface area contributed by atoms with Crippen LogP contribution >= 0.6 is 0 Å². The van der Waals surface area contributed by atoms with Crippen LogP contribution in [0.25, 0.3) is 0 Å². The van der Waals surface area contributed by atoms with Crippen LogP contribution in [-0.2, 0) is 0 Å². The Morgan fingerprint density at radius 3 is 2.84 bits per heavy atom. The first-order valence-corrected chi connectivity index (χ1v) is 5.51. The predicted molar refractivity (Wildman–Crippen MR) is 70.2 cm³/mol. The van der Waals surface area contributed by atoms with Crippen molar-refractivity contribution in [3.63, 3.8) is 0 Å². The maximum Gasteiger partial charge on any atom is 0.257 e. The number of amidine groups is 1. The molecule has 0 saturated heterocycles. The van der Waals surface area contributed by atoms with Crippen LogP contribution in [0.2, 0.25) is 0 Å². The Labute approximate surface area is 109 Å². The molecule has 0 radical (unpaired) electrons. The van der Waals surface area contributed by atoms with Crippen LogP contribution in [0.1, 0.15) is 21.5 Å². The first-order valence-electron chi connectivity index (χ1n) is 5.51. The Bertz CT molecular complexity index is 633. The van der Waals surface area contributed by atoms with Gasteiger partial charge in [0.15, 0.2) is 5.84 Å². The van der Waals surface area contributed by atoms with E-state index in [2.05, 4.69) is 20.7 Å². The third-order valence-electron chi connectivity index (χ3n) is 2.65. The van der Waals surface area contributed by atoms with Gasteiger partial charge >= 0.3 is 0 Å². The fourth-order valence-corrected chi connectivity index (χ4v) is 1.64. The SMILES string of the molecule is Cc1ccccc1C(=O)Nc1[nH]ncc1C(N)=NO. The van der Waals surface area contributed by atoms with Crippen LogP contribution in [0.15, 0.2) is 35.6 Å². The molecule has 1 amide bonds. The molecule has 0 unspecified atom stereocenters. The second-order valence-electron chi connectivity index (χ2n) is 3.91. The molecule has 1 aromatic carbocycles. The number of hydrogen-bond donors (Lipinski definition) is 4. The molecular formula is C12H13N5O2. The van der Waals surface area contributed by atoms with Crippen LogP contribution in [0, 0.1) is 6.92 Å². The summed E-state index contributed by atoms with van der Waals surface area (Å²) in [6.07, 6.45) is 1.36. The zero-order valence-electron chi connectivity index (χ0n) is 10.2. The number of nitrogens with one attached hydrogen (secondary N) is 2. The van der Waals surface area contributed by atoms with Gasteiger partial charge in [-0.1, -0.05) is 23.4 Å². The summed E-state index contributed by atoms with van der Waals surface area (Å²) in [5, 5.41) is 20.5. The summed E-state index contributed by atoms with van der Waals surface area (Å²) < 4.78 is 0. The molecule has 0 bridgehead atoms. The highest BCUT2D eigenvalue weighted by Gasteiger charge is 2.14. The third-order valence-corrected chi connectivity index (χ3v) is 2.65. The number of amides is 1. The molecule has 1 aromatic heterocycles. The summed E-state index contributed by atoms with van der Waals surface area (Å²) in [5.74, 6) is -0.147. The molecule has 0 aliphatic rings. The summed E-state index contributed by atoms with van der Waals surface area (Å²) in [7, 11) is 0. The van der Waals surface area contributed by atoms with E-state index in [0.29, 0.717) is 11.1 Å². The number of aryl methyl sites for hydroxylation is 1. The highest BCUT2D eigenvalue weighted by molar-refractivity contribution is 6.09. The van der Waals surface area contributed by atoms with Crippen molar-refractivity contribution in [1.29, 1.82) is 0 Å². The summed E-state index contributed by atoms with van der Waals surface area (Å²) in [5.41, 5.74) is 7.19. The Kier molecular flexibility index (Phi) is 3.46. The number of hydrogen-bond acceptors (Lipinski definition) is 4. The minimum absolute atomic E-state index is 0.131. The number of anilines is 1. The molecule has 2 aromatic rings. The van der Waals surface area contributed by atoms with Crippen molar-refractivity contribution in [2.75, 3.05) is 5.32 Å². The first-order chi connectivity index (χ1) is 9.13. The van der Waals surface area contributed by atoms with E-state index >= 15 is 0 Å². The molecule has 0 aliphatic heterocycles. The van der Waals surface area contributed by atoms with Crippen molar-refractivity contribution in [3.05, 3.63) is 47.2 Å². The van der Waals surface area contributed by atoms with Gasteiger partial charge in [0.05, 0.1) is 11.8 Å². The number of benzene rings is 1. The van der Waals surface area contributed by atoms with Crippen LogP contribution in [-0.4, -0.2) is 27.1 Å². The standard InChI is InChI=1S/C12H13N5O2/c1-7-4-2-3-5-8(7)12(18)15-11-9(6-14-16-11)10(13)17-19/h2-6,19H,1H3,(H2,13,17)(H2,14,15,16,18). The highest BCUT2D eigenvalue weighted by atomic mass is 16.4. The predicted octanol–water partition coefficient (Wildman–Crippen LogP) is 1.06. The third kappa shape index (κ3) is 2.54. The van der Waals surface area contributed by atoms with E-state index in [1.807, 2.05) is 19.1 Å². The average molecular weight is 259 g/mol. The number of nitrogens with two attached hydrogens (primary N) is 1. The lowest BCUT2D eigenvalue weighted by atomic mass is 10.1. The average Bonchev–Trinajstić information content (AvgIpc) is 2.86. The minimum Gasteiger partial charge on any atom is -0.409 e. The molecule has 0 atom stereocenters. The number of nitrogens with zero attached hydrogens (tertiary/aromatic N) is 2. The monoisotopic (exact) mass is 259 g/mol. The molecule has 19 heavy (non-hydrogen) atoms. The number of aromatic nitrogens is 2. The number of aromatic amines is 1. The van der Waals surface area contributed by atoms with Crippen LogP contribution in [0.4, 0.5) is 5.82 Å². The van der Waals surface area contributed by atoms with E-state index in [9.17, 15) is 4.79 Å². The fraction of sp³-hybridized carbons (Fsp3) is 0.0833. The molecule has 5 N–H and O–H groups in total. The molecule has 98 valence electrons. The summed E-state index contributed by atoms with van der Waals surface area (Å²) >= 11 is 0. The van der Waals surface area contributed by atoms with Gasteiger partial charge in [-0.2, -0.15) is 5.10 Å². The van der Waals surface area contributed by atoms with Crippen LogP contribution in [0.3, 0.4) is 0 Å². The normalized spacial score (nSPS) is 11.3. The molecule has 7 heteroatoms. The van der Waals surface area contributed by atoms with E-state index in [-0.39, 0.29) is 17.6 Å². The fourth-order valence-electron chi connectivity index (χ4n) is 1.64. The topological polar surface area (TPSA) is 116 Å². The first kappa shape index (κ1) is 12.6. The van der Waals surface area contributed by atoms with Gasteiger partial charge in [-0.15, -0.1) is 0 Å². The molecule has 0 aliphatic carbocycles. The van der Waals surface area contributed by atoms with E-state index in [4.69, 9.17) is 10.9 Å². The molecule has 2 rings (SSSR count). The summed E-state index contributed by atoms with van der Waals surface area (Å²) in [4.78, 5) is 12.1. The summed E-state index contributed by atoms with van der Waals surface area (Å²) in [6.45, 7) is 1.84. The quantitative estimate of drug-likeness (QED) is 0.285. The zero-order valence-corrected chi connectivity index (χ0v) is 10.2. The Balaban J connectivity index is 2.26. The van der Waals surface area contributed by atoms with Crippen molar-refractivity contribution in [3.8, 4) is 0 Å². The smallest absolute Gasteiger partial charge is 0.257 e. The van der Waals surface area contributed by atoms with Gasteiger partial charge in [-0.05, 0) is 18.6 Å². The molecule has 0 spiro atoms. The van der Waals surface area contributed by atoms with Gasteiger partial charge in [-0.3, -0.25) is 9.89 Å². The second-order valence-corrected chi connectivity index (χ2v) is 3.91. The van der Waals surface area contributed by atoms with E-state index in [0.717, 1.165) is 5.56 Å². The van der Waals surface area contributed by atoms with E-state index < -0.39 is 0 Å². The number of carbonyl (C=O) groups is 1. The van der Waals surface area contributed by atoms with Crippen molar-refractivity contribution in [2.24, 2.45) is 10.9 Å². The minimum atomic E-state index is -0.297. The van der Waals surface area contributed by atoms with Crippen molar-refractivity contribution < 1.29 is 10.0 Å². The number of oxime groups is 1. The second kappa shape index (κ2) is 5.21. The van der Waals surface area contributed by atoms with E-state index in [1.165, 1.54) is 6.20 Å². The molecular weight excluding hydrogens is 246 g/mol. The van der Waals surface area contributed by atoms with Gasteiger partial charge in [0.25, 0.3) is 5.91 Å². The lowest BCUT2D eigenvalue weighted by Crippen LogP contribution is -2.19. The Morgan fingerprint density at radius 2 is 2.16 bits per heavy atom. The van der Waals surface area contributed by atoms with E-state index in [1.54, 1.807) is 12.1 Å². The number of carbonyl (C=O) groups excluding carboxylic acids is 1.